The standard InChI is InChI=1S/C48H29N3S/c1-3-13-30(14-4-1)40-29-41(50-48(49-40)32-15-5-2-6-16-32)31-23-25-33(26-24-31)51-42-28-27-39-36-19-11-12-22-43(36)52-47(39)45(42)44-37-20-9-7-17-34(37)35-18-8-10-21-38(35)46(44)51/h1-29H. The molecule has 0 amide bonds. The Labute approximate surface area is 303 Å². The van der Waals surface area contributed by atoms with Gasteiger partial charge in [0.05, 0.1) is 22.4 Å². The van der Waals surface area contributed by atoms with Gasteiger partial charge in [0.2, 0.25) is 0 Å². The lowest BCUT2D eigenvalue weighted by Crippen LogP contribution is -1.97. The molecule has 0 unspecified atom stereocenters. The van der Waals surface area contributed by atoms with Crippen LogP contribution in [0.3, 0.4) is 0 Å². The molecule has 11 rings (SSSR count). The largest absolute Gasteiger partial charge is 0.309 e. The van der Waals surface area contributed by atoms with Gasteiger partial charge in [-0.1, -0.05) is 146 Å². The van der Waals surface area contributed by atoms with Gasteiger partial charge in [0.1, 0.15) is 0 Å². The van der Waals surface area contributed by atoms with Crippen molar-refractivity contribution in [1.29, 1.82) is 0 Å². The average molecular weight is 680 g/mol. The second-order valence-corrected chi connectivity index (χ2v) is 14.4. The molecule has 3 nitrogen and oxygen atoms in total. The maximum atomic E-state index is 5.11. The molecule has 0 N–H and O–H groups in total. The minimum absolute atomic E-state index is 0.717. The minimum atomic E-state index is 0.717. The van der Waals surface area contributed by atoms with E-state index in [2.05, 4.69) is 156 Å². The van der Waals surface area contributed by atoms with Gasteiger partial charge in [-0.2, -0.15) is 0 Å². The highest BCUT2D eigenvalue weighted by Gasteiger charge is 2.22. The van der Waals surface area contributed by atoms with Gasteiger partial charge < -0.3 is 4.57 Å². The molecule has 0 aliphatic rings. The molecule has 0 fully saturated rings. The van der Waals surface area contributed by atoms with Gasteiger partial charge in [-0.15, -0.1) is 11.3 Å². The zero-order valence-corrected chi connectivity index (χ0v) is 28.8. The van der Waals surface area contributed by atoms with Crippen molar-refractivity contribution in [2.24, 2.45) is 0 Å². The number of benzene rings is 8. The Morgan fingerprint density at radius 2 is 0.962 bits per heavy atom. The van der Waals surface area contributed by atoms with Crippen LogP contribution in [0.15, 0.2) is 176 Å². The highest BCUT2D eigenvalue weighted by molar-refractivity contribution is 7.26. The summed E-state index contributed by atoms with van der Waals surface area (Å²) in [5.41, 5.74) is 8.47. The Bertz CT molecular complexity index is 3100. The monoisotopic (exact) mass is 679 g/mol. The molecule has 11 aromatic rings. The molecule has 52 heavy (non-hydrogen) atoms. The van der Waals surface area contributed by atoms with Crippen molar-refractivity contribution in [2.45, 2.75) is 0 Å². The van der Waals surface area contributed by atoms with E-state index in [0.717, 1.165) is 33.8 Å². The summed E-state index contributed by atoms with van der Waals surface area (Å²) < 4.78 is 5.13. The van der Waals surface area contributed by atoms with Gasteiger partial charge in [0.15, 0.2) is 5.82 Å². The summed E-state index contributed by atoms with van der Waals surface area (Å²) in [4.78, 5) is 10.1. The van der Waals surface area contributed by atoms with E-state index >= 15 is 0 Å². The van der Waals surface area contributed by atoms with E-state index in [0.29, 0.717) is 5.82 Å². The Balaban J connectivity index is 1.18. The first-order valence-corrected chi connectivity index (χ1v) is 18.4. The van der Waals surface area contributed by atoms with Crippen molar-refractivity contribution in [3.05, 3.63) is 176 Å². The molecule has 8 aromatic carbocycles. The number of hydrogen-bond donors (Lipinski definition) is 0. The van der Waals surface area contributed by atoms with Crippen LogP contribution >= 0.6 is 11.3 Å². The molecule has 0 bridgehead atoms. The van der Waals surface area contributed by atoms with Crippen LogP contribution in [0, 0.1) is 0 Å². The number of rotatable bonds is 4. The topological polar surface area (TPSA) is 30.7 Å². The molecular formula is C48H29N3S. The molecule has 0 radical (unpaired) electrons. The Kier molecular flexibility index (Phi) is 6.42. The molecular weight excluding hydrogens is 651 g/mol. The number of nitrogens with zero attached hydrogens (tertiary/aromatic N) is 3. The van der Waals surface area contributed by atoms with Crippen LogP contribution in [0.5, 0.6) is 0 Å². The summed E-state index contributed by atoms with van der Waals surface area (Å²) in [6.45, 7) is 0. The predicted octanol–water partition coefficient (Wildman–Crippen LogP) is 13.2. The second-order valence-electron chi connectivity index (χ2n) is 13.3. The molecule has 0 spiro atoms. The normalized spacial score (nSPS) is 11.8. The SMILES string of the molecule is c1ccc(-c2cc(-c3ccc(-n4c5ccc6c7ccccc7sc6c5c5c6ccccc6c6ccccc6c54)cc3)nc(-c3ccccc3)n2)cc1. The van der Waals surface area contributed by atoms with Crippen LogP contribution in [0.2, 0.25) is 0 Å². The smallest absolute Gasteiger partial charge is 0.160 e. The lowest BCUT2D eigenvalue weighted by molar-refractivity contribution is 1.17. The molecule has 4 heteroatoms. The van der Waals surface area contributed by atoms with Crippen LogP contribution in [0.25, 0.3) is 103 Å². The Hall–Kier alpha value is -6.62. The fourth-order valence-corrected chi connectivity index (χ4v) is 9.30. The zero-order chi connectivity index (χ0) is 34.2. The summed E-state index contributed by atoms with van der Waals surface area (Å²) >= 11 is 1.90. The lowest BCUT2D eigenvalue weighted by atomic mass is 9.96. The van der Waals surface area contributed by atoms with E-state index < -0.39 is 0 Å². The fourth-order valence-electron chi connectivity index (χ4n) is 8.05. The van der Waals surface area contributed by atoms with Crippen molar-refractivity contribution >= 4 is 74.9 Å². The Morgan fingerprint density at radius 3 is 1.67 bits per heavy atom. The van der Waals surface area contributed by atoms with E-state index in [-0.39, 0.29) is 0 Å². The van der Waals surface area contributed by atoms with Gasteiger partial charge in [0, 0.05) is 58.7 Å². The van der Waals surface area contributed by atoms with Gasteiger partial charge in [0.25, 0.3) is 0 Å². The van der Waals surface area contributed by atoms with Crippen LogP contribution in [-0.4, -0.2) is 14.5 Å². The molecule has 3 aromatic heterocycles. The molecule has 0 aliphatic heterocycles. The van der Waals surface area contributed by atoms with Gasteiger partial charge >= 0.3 is 0 Å². The van der Waals surface area contributed by atoms with E-state index in [4.69, 9.17) is 9.97 Å². The van der Waals surface area contributed by atoms with E-state index in [1.54, 1.807) is 0 Å². The van der Waals surface area contributed by atoms with Crippen molar-refractivity contribution in [1.82, 2.24) is 14.5 Å². The third-order valence-electron chi connectivity index (χ3n) is 10.4. The molecule has 242 valence electrons. The quantitative estimate of drug-likeness (QED) is 0.173. The number of hydrogen-bond acceptors (Lipinski definition) is 3. The second kappa shape index (κ2) is 11.5. The minimum Gasteiger partial charge on any atom is -0.309 e. The van der Waals surface area contributed by atoms with Crippen LogP contribution in [0.1, 0.15) is 0 Å². The highest BCUT2D eigenvalue weighted by Crippen LogP contribution is 2.47. The van der Waals surface area contributed by atoms with Crippen LogP contribution < -0.4 is 0 Å². The van der Waals surface area contributed by atoms with Gasteiger partial charge in [-0.3, -0.25) is 0 Å². The number of aromatic nitrogens is 3. The predicted molar refractivity (Wildman–Crippen MR) is 221 cm³/mol. The Morgan fingerprint density at radius 1 is 0.404 bits per heavy atom. The van der Waals surface area contributed by atoms with Gasteiger partial charge in [-0.05, 0) is 46.5 Å². The lowest BCUT2D eigenvalue weighted by Gasteiger charge is -2.13. The summed E-state index contributed by atoms with van der Waals surface area (Å²) in [6.07, 6.45) is 0. The molecule has 0 saturated heterocycles. The molecule has 0 atom stereocenters. The van der Waals surface area contributed by atoms with Crippen LogP contribution in [-0.2, 0) is 0 Å². The first-order chi connectivity index (χ1) is 25.8. The third kappa shape index (κ3) is 4.38. The number of thiophene rings is 1. The van der Waals surface area contributed by atoms with Crippen LogP contribution in [0.4, 0.5) is 0 Å². The summed E-state index contributed by atoms with van der Waals surface area (Å²) in [7, 11) is 0. The van der Waals surface area contributed by atoms with Crippen molar-refractivity contribution < 1.29 is 0 Å². The van der Waals surface area contributed by atoms with Crippen molar-refractivity contribution in [2.75, 3.05) is 0 Å². The maximum Gasteiger partial charge on any atom is 0.160 e. The van der Waals surface area contributed by atoms with Crippen molar-refractivity contribution in [3.63, 3.8) is 0 Å². The van der Waals surface area contributed by atoms with E-state index in [1.807, 2.05) is 35.6 Å². The first-order valence-electron chi connectivity index (χ1n) is 17.6. The summed E-state index contributed by atoms with van der Waals surface area (Å²) in [5, 5.41) is 10.3. The zero-order valence-electron chi connectivity index (χ0n) is 28.0. The maximum absolute atomic E-state index is 5.11. The first kappa shape index (κ1) is 29.1. The molecule has 0 saturated carbocycles. The number of fused-ring (bicyclic) bond motifs is 12. The average Bonchev–Trinajstić information content (AvgIpc) is 3.78. The third-order valence-corrected chi connectivity index (χ3v) is 11.6. The van der Waals surface area contributed by atoms with E-state index in [9.17, 15) is 0 Å². The summed E-state index contributed by atoms with van der Waals surface area (Å²) in [6, 6.07) is 62.8. The molecule has 3 heterocycles. The van der Waals surface area contributed by atoms with Crippen molar-refractivity contribution in [3.8, 4) is 39.6 Å². The van der Waals surface area contributed by atoms with Gasteiger partial charge in [-0.25, -0.2) is 9.97 Å². The highest BCUT2D eigenvalue weighted by atomic mass is 32.1. The summed E-state index contributed by atoms with van der Waals surface area (Å²) in [5.74, 6) is 0.717. The molecule has 0 aliphatic carbocycles. The van der Waals surface area contributed by atoms with E-state index in [1.165, 1.54) is 63.5 Å². The fraction of sp³-hybridized carbons (Fsp3) is 0.